The molecule has 4 nitrogen and oxygen atoms in total. The average molecular weight is 259 g/mol. The predicted molar refractivity (Wildman–Crippen MR) is 74.2 cm³/mol. The molecular weight excluding hydrogens is 238 g/mol. The van der Waals surface area contributed by atoms with Gasteiger partial charge in [0, 0.05) is 25.3 Å². The van der Waals surface area contributed by atoms with E-state index in [1.165, 1.54) is 18.4 Å². The van der Waals surface area contributed by atoms with Crippen LogP contribution >= 0.6 is 0 Å². The van der Waals surface area contributed by atoms with E-state index in [0.717, 1.165) is 25.9 Å². The molecule has 2 aliphatic rings. The lowest BCUT2D eigenvalue weighted by Crippen LogP contribution is -2.47. The van der Waals surface area contributed by atoms with Crippen LogP contribution in [-0.2, 0) is 0 Å². The van der Waals surface area contributed by atoms with Crippen LogP contribution in [0.1, 0.15) is 47.7 Å². The molecule has 1 unspecified atom stereocenters. The van der Waals surface area contributed by atoms with E-state index in [0.29, 0.717) is 17.7 Å². The van der Waals surface area contributed by atoms with Crippen molar-refractivity contribution in [3.05, 3.63) is 29.6 Å². The first kappa shape index (κ1) is 12.6. The Bertz CT molecular complexity index is 453. The van der Waals surface area contributed by atoms with E-state index in [4.69, 9.17) is 0 Å². The highest BCUT2D eigenvalue weighted by Gasteiger charge is 2.26. The molecule has 0 spiro atoms. The predicted octanol–water partition coefficient (Wildman–Crippen LogP) is 1.78. The largest absolute Gasteiger partial charge is 0.336 e. The number of pyridine rings is 1. The fraction of sp³-hybridized carbons (Fsp3) is 0.600. The van der Waals surface area contributed by atoms with Gasteiger partial charge in [0.15, 0.2) is 0 Å². The van der Waals surface area contributed by atoms with Crippen molar-refractivity contribution in [1.29, 1.82) is 0 Å². The number of likely N-dealkylation sites (tertiary alicyclic amines) is 1. The smallest absolute Gasteiger partial charge is 0.272 e. The quantitative estimate of drug-likeness (QED) is 0.900. The van der Waals surface area contributed by atoms with Gasteiger partial charge in [0.25, 0.3) is 5.91 Å². The Morgan fingerprint density at radius 3 is 2.84 bits per heavy atom. The standard InChI is InChI=1S/C15H21N3O/c1-16-13-3-2-8-18(10-13)15(19)14-7-6-12(9-17-14)11-4-5-11/h6-7,9,11,13,16H,2-5,8,10H2,1H3. The Kier molecular flexibility index (Phi) is 3.51. The van der Waals surface area contributed by atoms with E-state index in [1.807, 2.05) is 24.2 Å². The Labute approximate surface area is 114 Å². The van der Waals surface area contributed by atoms with Crippen LogP contribution in [0, 0.1) is 0 Å². The number of nitrogens with one attached hydrogen (secondary N) is 1. The van der Waals surface area contributed by atoms with Gasteiger partial charge in [-0.15, -0.1) is 0 Å². The molecule has 1 saturated carbocycles. The summed E-state index contributed by atoms with van der Waals surface area (Å²) in [6.45, 7) is 1.64. The maximum atomic E-state index is 12.4. The van der Waals surface area contributed by atoms with E-state index in [2.05, 4.69) is 16.4 Å². The number of rotatable bonds is 3. The molecule has 1 aliphatic heterocycles. The summed E-state index contributed by atoms with van der Waals surface area (Å²) in [5, 5.41) is 3.26. The van der Waals surface area contributed by atoms with Gasteiger partial charge in [0.05, 0.1) is 0 Å². The van der Waals surface area contributed by atoms with Gasteiger partial charge in [-0.1, -0.05) is 6.07 Å². The number of amides is 1. The third kappa shape index (κ3) is 2.78. The molecule has 1 N–H and O–H groups in total. The molecule has 1 amide bonds. The molecule has 2 fully saturated rings. The van der Waals surface area contributed by atoms with Crippen LogP contribution in [0.5, 0.6) is 0 Å². The lowest BCUT2D eigenvalue weighted by Gasteiger charge is -2.32. The molecule has 1 atom stereocenters. The molecule has 1 aromatic heterocycles. The Morgan fingerprint density at radius 2 is 2.21 bits per heavy atom. The van der Waals surface area contributed by atoms with Crippen molar-refractivity contribution in [3.63, 3.8) is 0 Å². The van der Waals surface area contributed by atoms with Crippen LogP contribution < -0.4 is 5.32 Å². The van der Waals surface area contributed by atoms with E-state index >= 15 is 0 Å². The van der Waals surface area contributed by atoms with E-state index in [9.17, 15) is 4.79 Å². The monoisotopic (exact) mass is 259 g/mol. The molecule has 0 aromatic carbocycles. The fourth-order valence-corrected chi connectivity index (χ4v) is 2.75. The summed E-state index contributed by atoms with van der Waals surface area (Å²) in [7, 11) is 1.96. The molecule has 4 heteroatoms. The maximum absolute atomic E-state index is 12.4. The lowest BCUT2D eigenvalue weighted by atomic mass is 10.1. The highest BCUT2D eigenvalue weighted by molar-refractivity contribution is 5.92. The van der Waals surface area contributed by atoms with Crippen molar-refractivity contribution < 1.29 is 4.79 Å². The van der Waals surface area contributed by atoms with Crippen LogP contribution in [0.15, 0.2) is 18.3 Å². The third-order valence-electron chi connectivity index (χ3n) is 4.17. The van der Waals surface area contributed by atoms with Gasteiger partial charge in [-0.3, -0.25) is 9.78 Å². The molecule has 0 radical (unpaired) electrons. The average Bonchev–Trinajstić information content (AvgIpc) is 3.31. The second kappa shape index (κ2) is 5.29. The Balaban J connectivity index is 1.68. The molecular formula is C15H21N3O. The molecule has 19 heavy (non-hydrogen) atoms. The summed E-state index contributed by atoms with van der Waals surface area (Å²) >= 11 is 0. The zero-order chi connectivity index (χ0) is 13.2. The minimum atomic E-state index is 0.0716. The van der Waals surface area contributed by atoms with E-state index in [1.54, 1.807) is 0 Å². The van der Waals surface area contributed by atoms with Gasteiger partial charge in [0.1, 0.15) is 5.69 Å². The first-order valence-electron chi connectivity index (χ1n) is 7.20. The Hall–Kier alpha value is -1.42. The summed E-state index contributed by atoms with van der Waals surface area (Å²) in [6.07, 6.45) is 6.63. The van der Waals surface area contributed by atoms with E-state index in [-0.39, 0.29) is 5.91 Å². The van der Waals surface area contributed by atoms with Crippen molar-refractivity contribution in [2.24, 2.45) is 0 Å². The van der Waals surface area contributed by atoms with Gasteiger partial charge in [-0.2, -0.15) is 0 Å². The normalized spacial score (nSPS) is 23.4. The van der Waals surface area contributed by atoms with Crippen molar-refractivity contribution in [1.82, 2.24) is 15.2 Å². The number of piperidine rings is 1. The first-order valence-corrected chi connectivity index (χ1v) is 7.20. The van der Waals surface area contributed by atoms with Gasteiger partial charge in [-0.05, 0) is 50.3 Å². The number of hydrogen-bond acceptors (Lipinski definition) is 3. The molecule has 1 saturated heterocycles. The van der Waals surface area contributed by atoms with Gasteiger partial charge in [0.2, 0.25) is 0 Å². The first-order chi connectivity index (χ1) is 9.28. The summed E-state index contributed by atoms with van der Waals surface area (Å²) in [5.74, 6) is 0.766. The number of likely N-dealkylation sites (N-methyl/N-ethyl adjacent to an activating group) is 1. The van der Waals surface area contributed by atoms with Crippen molar-refractivity contribution in [2.45, 2.75) is 37.6 Å². The maximum Gasteiger partial charge on any atom is 0.272 e. The fourth-order valence-electron chi connectivity index (χ4n) is 2.75. The molecule has 3 rings (SSSR count). The number of aromatic nitrogens is 1. The summed E-state index contributed by atoms with van der Waals surface area (Å²) < 4.78 is 0. The number of carbonyl (C=O) groups excluding carboxylic acids is 1. The molecule has 1 aliphatic carbocycles. The van der Waals surface area contributed by atoms with Crippen LogP contribution in [0.3, 0.4) is 0 Å². The van der Waals surface area contributed by atoms with Crippen LogP contribution in [0.2, 0.25) is 0 Å². The van der Waals surface area contributed by atoms with Crippen molar-refractivity contribution >= 4 is 5.91 Å². The van der Waals surface area contributed by atoms with Gasteiger partial charge < -0.3 is 10.2 Å². The number of carbonyl (C=O) groups is 1. The highest BCUT2D eigenvalue weighted by atomic mass is 16.2. The number of hydrogen-bond donors (Lipinski definition) is 1. The Morgan fingerprint density at radius 1 is 1.37 bits per heavy atom. The topological polar surface area (TPSA) is 45.2 Å². The summed E-state index contributed by atoms with van der Waals surface area (Å²) in [4.78, 5) is 18.7. The lowest BCUT2D eigenvalue weighted by molar-refractivity contribution is 0.0692. The molecule has 2 heterocycles. The van der Waals surface area contributed by atoms with Crippen molar-refractivity contribution in [3.8, 4) is 0 Å². The summed E-state index contributed by atoms with van der Waals surface area (Å²) in [6, 6.07) is 4.37. The van der Waals surface area contributed by atoms with Gasteiger partial charge in [-0.25, -0.2) is 0 Å². The van der Waals surface area contributed by atoms with Crippen LogP contribution in [-0.4, -0.2) is 42.0 Å². The van der Waals surface area contributed by atoms with Crippen LogP contribution in [0.25, 0.3) is 0 Å². The highest BCUT2D eigenvalue weighted by Crippen LogP contribution is 2.39. The third-order valence-corrected chi connectivity index (χ3v) is 4.17. The minimum Gasteiger partial charge on any atom is -0.336 e. The second-order valence-electron chi connectivity index (χ2n) is 5.63. The van der Waals surface area contributed by atoms with Crippen molar-refractivity contribution in [2.75, 3.05) is 20.1 Å². The second-order valence-corrected chi connectivity index (χ2v) is 5.63. The van der Waals surface area contributed by atoms with E-state index < -0.39 is 0 Å². The zero-order valence-corrected chi connectivity index (χ0v) is 11.4. The number of nitrogens with zero attached hydrogens (tertiary/aromatic N) is 2. The van der Waals surface area contributed by atoms with Crippen LogP contribution in [0.4, 0.5) is 0 Å². The van der Waals surface area contributed by atoms with Gasteiger partial charge >= 0.3 is 0 Å². The SMILES string of the molecule is CNC1CCCN(C(=O)c2ccc(C3CC3)cn2)C1. The minimum absolute atomic E-state index is 0.0716. The summed E-state index contributed by atoms with van der Waals surface area (Å²) in [5.41, 5.74) is 1.87. The molecule has 102 valence electrons. The molecule has 1 aromatic rings. The zero-order valence-electron chi connectivity index (χ0n) is 11.4. The molecule has 0 bridgehead atoms.